The maximum absolute atomic E-state index is 11.3. The van der Waals surface area contributed by atoms with Gasteiger partial charge in [-0.1, -0.05) is 0 Å². The van der Waals surface area contributed by atoms with Crippen molar-refractivity contribution in [1.29, 1.82) is 0 Å². The SMILES string of the molecule is CCOC(=O)C(=O)C=C(O)c1cnccc1C. The van der Waals surface area contributed by atoms with E-state index in [9.17, 15) is 14.7 Å². The van der Waals surface area contributed by atoms with Crippen molar-refractivity contribution in [3.63, 3.8) is 0 Å². The van der Waals surface area contributed by atoms with Gasteiger partial charge in [0, 0.05) is 24.0 Å². The van der Waals surface area contributed by atoms with Gasteiger partial charge >= 0.3 is 5.97 Å². The van der Waals surface area contributed by atoms with Crippen molar-refractivity contribution < 1.29 is 19.4 Å². The molecule has 0 saturated carbocycles. The number of esters is 1. The fraction of sp³-hybridized carbons (Fsp3) is 0.250. The Balaban J connectivity index is 2.90. The first-order valence-electron chi connectivity index (χ1n) is 5.09. The molecule has 0 aliphatic carbocycles. The molecule has 0 fully saturated rings. The topological polar surface area (TPSA) is 76.5 Å². The lowest BCUT2D eigenvalue weighted by Crippen LogP contribution is -2.15. The van der Waals surface area contributed by atoms with Crippen LogP contribution in [-0.4, -0.2) is 28.4 Å². The van der Waals surface area contributed by atoms with E-state index in [2.05, 4.69) is 9.72 Å². The Morgan fingerprint density at radius 2 is 2.24 bits per heavy atom. The van der Waals surface area contributed by atoms with Crippen molar-refractivity contribution in [2.45, 2.75) is 13.8 Å². The van der Waals surface area contributed by atoms with Gasteiger partial charge in [0.15, 0.2) is 0 Å². The molecule has 1 aromatic rings. The summed E-state index contributed by atoms with van der Waals surface area (Å²) >= 11 is 0. The number of ketones is 1. The van der Waals surface area contributed by atoms with Crippen LogP contribution in [0.1, 0.15) is 18.1 Å². The number of pyridine rings is 1. The minimum Gasteiger partial charge on any atom is -0.507 e. The standard InChI is InChI=1S/C12H13NO4/c1-3-17-12(16)11(15)6-10(14)9-7-13-5-4-8(9)2/h4-7,14H,3H2,1-2H3. The number of nitrogens with zero attached hydrogens (tertiary/aromatic N) is 1. The first kappa shape index (κ1) is 12.9. The first-order valence-corrected chi connectivity index (χ1v) is 5.09. The first-order chi connectivity index (χ1) is 8.06. The molecule has 0 spiro atoms. The molecule has 1 aromatic heterocycles. The highest BCUT2D eigenvalue weighted by Gasteiger charge is 2.14. The van der Waals surface area contributed by atoms with E-state index in [4.69, 9.17) is 0 Å². The summed E-state index contributed by atoms with van der Waals surface area (Å²) in [4.78, 5) is 26.2. The Morgan fingerprint density at radius 1 is 1.53 bits per heavy atom. The Bertz CT molecular complexity index is 465. The predicted octanol–water partition coefficient (Wildman–Crippen LogP) is 1.42. The third-order valence-electron chi connectivity index (χ3n) is 2.06. The fourth-order valence-electron chi connectivity index (χ4n) is 1.20. The molecule has 0 aliphatic rings. The van der Waals surface area contributed by atoms with Crippen molar-refractivity contribution >= 4 is 17.5 Å². The molecule has 1 rings (SSSR count). The summed E-state index contributed by atoms with van der Waals surface area (Å²) < 4.78 is 4.51. The van der Waals surface area contributed by atoms with Crippen molar-refractivity contribution in [3.8, 4) is 0 Å². The number of carbonyl (C=O) groups is 2. The number of aliphatic hydroxyl groups excluding tert-OH is 1. The van der Waals surface area contributed by atoms with Crippen molar-refractivity contribution in [2.24, 2.45) is 0 Å². The second-order valence-electron chi connectivity index (χ2n) is 3.30. The zero-order chi connectivity index (χ0) is 12.8. The van der Waals surface area contributed by atoms with Gasteiger partial charge in [0.25, 0.3) is 5.78 Å². The number of carbonyl (C=O) groups excluding carboxylic acids is 2. The summed E-state index contributed by atoms with van der Waals surface area (Å²) in [7, 11) is 0. The largest absolute Gasteiger partial charge is 0.507 e. The number of aromatic nitrogens is 1. The molecule has 1 N–H and O–H groups in total. The maximum Gasteiger partial charge on any atom is 0.379 e. The number of hydrogen-bond acceptors (Lipinski definition) is 5. The highest BCUT2D eigenvalue weighted by atomic mass is 16.5. The van der Waals surface area contributed by atoms with Crippen LogP contribution in [0.5, 0.6) is 0 Å². The van der Waals surface area contributed by atoms with Crippen molar-refractivity contribution in [1.82, 2.24) is 4.98 Å². The van der Waals surface area contributed by atoms with Gasteiger partial charge < -0.3 is 9.84 Å². The minimum absolute atomic E-state index is 0.116. The van der Waals surface area contributed by atoms with Crippen LogP contribution < -0.4 is 0 Å². The van der Waals surface area contributed by atoms with Crippen LogP contribution in [-0.2, 0) is 14.3 Å². The molecule has 0 bridgehead atoms. The van der Waals surface area contributed by atoms with Gasteiger partial charge in [-0.05, 0) is 25.5 Å². The lowest BCUT2D eigenvalue weighted by atomic mass is 10.1. The van der Waals surface area contributed by atoms with Gasteiger partial charge in [-0.3, -0.25) is 9.78 Å². The Labute approximate surface area is 98.7 Å². The lowest BCUT2D eigenvalue weighted by Gasteiger charge is -2.03. The molecule has 5 heteroatoms. The smallest absolute Gasteiger partial charge is 0.379 e. The predicted molar refractivity (Wildman–Crippen MR) is 61.2 cm³/mol. The maximum atomic E-state index is 11.3. The van der Waals surface area contributed by atoms with E-state index in [0.717, 1.165) is 11.6 Å². The number of aliphatic hydroxyl groups is 1. The highest BCUT2D eigenvalue weighted by Crippen LogP contribution is 2.14. The normalized spacial score (nSPS) is 11.1. The molecule has 0 unspecified atom stereocenters. The van der Waals surface area contributed by atoms with Crippen LogP contribution in [0.3, 0.4) is 0 Å². The van der Waals surface area contributed by atoms with E-state index in [-0.39, 0.29) is 12.4 Å². The molecular weight excluding hydrogens is 222 g/mol. The quantitative estimate of drug-likeness (QED) is 0.369. The van der Waals surface area contributed by atoms with Gasteiger partial charge in [-0.2, -0.15) is 0 Å². The zero-order valence-corrected chi connectivity index (χ0v) is 9.64. The number of hydrogen-bond donors (Lipinski definition) is 1. The van der Waals surface area contributed by atoms with E-state index >= 15 is 0 Å². The third-order valence-corrected chi connectivity index (χ3v) is 2.06. The highest BCUT2D eigenvalue weighted by molar-refractivity contribution is 6.39. The number of rotatable bonds is 4. The fourth-order valence-corrected chi connectivity index (χ4v) is 1.20. The molecule has 90 valence electrons. The zero-order valence-electron chi connectivity index (χ0n) is 9.64. The number of aryl methyl sites for hydroxylation is 1. The molecule has 0 amide bonds. The summed E-state index contributed by atoms with van der Waals surface area (Å²) in [6, 6.07) is 1.69. The van der Waals surface area contributed by atoms with Crippen LogP contribution >= 0.6 is 0 Å². The molecule has 0 aromatic carbocycles. The molecule has 0 saturated heterocycles. The van der Waals surface area contributed by atoms with Crippen LogP contribution in [0.4, 0.5) is 0 Å². The molecule has 5 nitrogen and oxygen atoms in total. The second-order valence-corrected chi connectivity index (χ2v) is 3.30. The van der Waals surface area contributed by atoms with E-state index in [1.807, 2.05) is 0 Å². The van der Waals surface area contributed by atoms with Crippen LogP contribution in [0.25, 0.3) is 5.76 Å². The van der Waals surface area contributed by atoms with Gasteiger partial charge in [-0.15, -0.1) is 0 Å². The van der Waals surface area contributed by atoms with Crippen LogP contribution in [0, 0.1) is 6.92 Å². The average Bonchev–Trinajstić information content (AvgIpc) is 2.29. The molecular formula is C12H13NO4. The van der Waals surface area contributed by atoms with E-state index < -0.39 is 11.8 Å². The Morgan fingerprint density at radius 3 is 2.82 bits per heavy atom. The lowest BCUT2D eigenvalue weighted by molar-refractivity contribution is -0.151. The summed E-state index contributed by atoms with van der Waals surface area (Å²) in [6.45, 7) is 3.47. The van der Waals surface area contributed by atoms with E-state index in [1.54, 1.807) is 26.1 Å². The summed E-state index contributed by atoms with van der Waals surface area (Å²) in [6.07, 6.45) is 3.82. The minimum atomic E-state index is -0.986. The van der Waals surface area contributed by atoms with Crippen molar-refractivity contribution in [3.05, 3.63) is 35.7 Å². The number of ether oxygens (including phenoxy) is 1. The molecule has 0 aliphatic heterocycles. The van der Waals surface area contributed by atoms with Crippen LogP contribution in [0.15, 0.2) is 24.5 Å². The van der Waals surface area contributed by atoms with Gasteiger partial charge in [0.2, 0.25) is 0 Å². The third kappa shape index (κ3) is 3.41. The van der Waals surface area contributed by atoms with Crippen LogP contribution in [0.2, 0.25) is 0 Å². The molecule has 17 heavy (non-hydrogen) atoms. The van der Waals surface area contributed by atoms with Crippen molar-refractivity contribution in [2.75, 3.05) is 6.61 Å². The molecule has 1 heterocycles. The van der Waals surface area contributed by atoms with Gasteiger partial charge in [0.1, 0.15) is 5.76 Å². The monoisotopic (exact) mass is 235 g/mol. The average molecular weight is 235 g/mol. The van der Waals surface area contributed by atoms with E-state index in [1.165, 1.54) is 6.20 Å². The summed E-state index contributed by atoms with van der Waals surface area (Å²) in [5.41, 5.74) is 1.16. The van der Waals surface area contributed by atoms with Gasteiger partial charge in [-0.25, -0.2) is 4.79 Å². The summed E-state index contributed by atoms with van der Waals surface area (Å²) in [5.74, 6) is -2.18. The van der Waals surface area contributed by atoms with E-state index in [0.29, 0.717) is 5.56 Å². The summed E-state index contributed by atoms with van der Waals surface area (Å²) in [5, 5.41) is 9.68. The molecule has 0 atom stereocenters. The Kier molecular flexibility index (Phi) is 4.39. The second kappa shape index (κ2) is 5.79. The Hall–Kier alpha value is -2.17. The van der Waals surface area contributed by atoms with Gasteiger partial charge in [0.05, 0.1) is 6.61 Å². The molecule has 0 radical (unpaired) electrons.